The third-order valence-corrected chi connectivity index (χ3v) is 15.7. The van der Waals surface area contributed by atoms with E-state index in [1.807, 2.05) is 13.8 Å². The summed E-state index contributed by atoms with van der Waals surface area (Å²) in [6, 6.07) is 0. The molecule has 1 aliphatic rings. The molecule has 0 aromatic heterocycles. The second-order valence-electron chi connectivity index (χ2n) is 23.1. The maximum atomic E-state index is 13.5. The van der Waals surface area contributed by atoms with Crippen molar-refractivity contribution in [1.29, 1.82) is 0 Å². The quantitative estimate of drug-likeness (QED) is 0.0344. The van der Waals surface area contributed by atoms with Gasteiger partial charge in [0.25, 0.3) is 0 Å². The predicted molar refractivity (Wildman–Crippen MR) is 302 cm³/mol. The first-order valence-electron chi connectivity index (χ1n) is 31.5. The van der Waals surface area contributed by atoms with Crippen molar-refractivity contribution in [2.24, 2.45) is 11.8 Å². The molecule has 8 unspecified atom stereocenters. The molecule has 1 fully saturated rings. The van der Waals surface area contributed by atoms with Crippen LogP contribution in [0, 0.1) is 11.8 Å². The number of aliphatic hydroxyl groups excluding tert-OH is 4. The Hall–Kier alpha value is -1.30. The highest BCUT2D eigenvalue weighted by Crippen LogP contribution is 2.27. The zero-order chi connectivity index (χ0) is 52.9. The molecule has 1 saturated heterocycles. The fraction of sp³-hybridized carbons (Fsp3) is 0.968. The number of carbonyl (C=O) groups excluding carboxylic acids is 2. The van der Waals surface area contributed by atoms with Crippen molar-refractivity contribution in [2.75, 3.05) is 39.3 Å². The van der Waals surface area contributed by atoms with E-state index in [2.05, 4.69) is 37.5 Å². The van der Waals surface area contributed by atoms with E-state index in [1.54, 1.807) is 0 Å². The van der Waals surface area contributed by atoms with Crippen molar-refractivity contribution in [3.8, 4) is 0 Å². The zero-order valence-corrected chi connectivity index (χ0v) is 48.5. The van der Waals surface area contributed by atoms with Gasteiger partial charge in [0.1, 0.15) is 0 Å². The Morgan fingerprint density at radius 2 is 0.542 bits per heavy atom. The minimum Gasteiger partial charge on any atom is -0.447 e. The number of esters is 2. The molecule has 0 saturated carbocycles. The van der Waals surface area contributed by atoms with Crippen LogP contribution < -0.4 is 0 Å². The third-order valence-electron chi connectivity index (χ3n) is 15.7. The third kappa shape index (κ3) is 38.3. The van der Waals surface area contributed by atoms with E-state index in [-0.39, 0.29) is 11.8 Å². The van der Waals surface area contributed by atoms with E-state index in [0.717, 1.165) is 89.9 Å². The summed E-state index contributed by atoms with van der Waals surface area (Å²) < 4.78 is 11.7. The van der Waals surface area contributed by atoms with Crippen molar-refractivity contribution < 1.29 is 39.5 Å². The molecule has 0 radical (unpaired) electrons. The molecule has 428 valence electrons. The highest BCUT2D eigenvalue weighted by Gasteiger charge is 2.43. The van der Waals surface area contributed by atoms with E-state index in [4.69, 9.17) is 9.47 Å². The average molecular weight is 1020 g/mol. The molecule has 0 aromatic carbocycles. The molecule has 4 N–H and O–H groups in total. The Balaban J connectivity index is 2.71. The van der Waals surface area contributed by atoms with Gasteiger partial charge in [0, 0.05) is 38.0 Å². The zero-order valence-electron chi connectivity index (χ0n) is 48.5. The number of unbranched alkanes of at least 4 members (excludes halogenated alkanes) is 28. The van der Waals surface area contributed by atoms with Gasteiger partial charge in [-0.3, -0.25) is 9.80 Å². The lowest BCUT2D eigenvalue weighted by Gasteiger charge is -2.34. The number of carbonyl (C=O) groups is 2. The Morgan fingerprint density at radius 3 is 0.764 bits per heavy atom. The van der Waals surface area contributed by atoms with Crippen molar-refractivity contribution >= 4 is 11.9 Å². The lowest BCUT2D eigenvalue weighted by Crippen LogP contribution is -2.49. The number of nitrogens with zero attached hydrogens (tertiary/aromatic N) is 2. The van der Waals surface area contributed by atoms with Crippen LogP contribution in [0.3, 0.4) is 0 Å². The second-order valence-corrected chi connectivity index (χ2v) is 23.1. The molecule has 1 aliphatic heterocycles. The van der Waals surface area contributed by atoms with Crippen molar-refractivity contribution in [3.63, 3.8) is 0 Å². The number of hydrogen-bond donors (Lipinski definition) is 4. The van der Waals surface area contributed by atoms with Gasteiger partial charge in [-0.1, -0.05) is 247 Å². The number of cyclic esters (lactones) is 2. The first kappa shape index (κ1) is 68.7. The minimum absolute atomic E-state index is 0.230. The molecule has 1 rings (SSSR count). The van der Waals surface area contributed by atoms with Crippen LogP contribution in [0.4, 0.5) is 0 Å². The number of rotatable bonds is 54. The highest BCUT2D eigenvalue weighted by molar-refractivity contribution is 5.87. The fourth-order valence-corrected chi connectivity index (χ4v) is 10.9. The van der Waals surface area contributed by atoms with Gasteiger partial charge in [0.2, 0.25) is 12.2 Å². The fourth-order valence-electron chi connectivity index (χ4n) is 10.9. The molecule has 8 atom stereocenters. The molecule has 0 amide bonds. The van der Waals surface area contributed by atoms with Gasteiger partial charge >= 0.3 is 11.9 Å². The topological polar surface area (TPSA) is 140 Å². The summed E-state index contributed by atoms with van der Waals surface area (Å²) in [5.74, 6) is -1.42. The Kier molecular flexibility index (Phi) is 45.9. The Labute approximate surface area is 445 Å². The second kappa shape index (κ2) is 48.1. The normalized spacial score (nSPS) is 17.8. The van der Waals surface area contributed by atoms with E-state index in [9.17, 15) is 30.0 Å². The van der Waals surface area contributed by atoms with Crippen LogP contribution in [-0.2, 0) is 19.1 Å². The maximum absolute atomic E-state index is 13.5. The summed E-state index contributed by atoms with van der Waals surface area (Å²) in [7, 11) is 0. The van der Waals surface area contributed by atoms with Crippen molar-refractivity contribution in [1.82, 2.24) is 9.80 Å². The van der Waals surface area contributed by atoms with E-state index < -0.39 is 48.6 Å². The molecule has 0 bridgehead atoms. The van der Waals surface area contributed by atoms with Gasteiger partial charge in [0.05, 0.1) is 24.4 Å². The summed E-state index contributed by atoms with van der Waals surface area (Å²) >= 11 is 0. The lowest BCUT2D eigenvalue weighted by atomic mass is 9.94. The first-order chi connectivity index (χ1) is 34.9. The van der Waals surface area contributed by atoms with Gasteiger partial charge in [-0.2, -0.15) is 0 Å². The van der Waals surface area contributed by atoms with Gasteiger partial charge < -0.3 is 29.9 Å². The van der Waals surface area contributed by atoms with Crippen LogP contribution in [0.25, 0.3) is 0 Å². The number of aliphatic hydroxyl groups is 4. The molecule has 0 aromatic rings. The predicted octanol–water partition coefficient (Wildman–Crippen LogP) is 14.8. The smallest absolute Gasteiger partial charge is 0.348 e. The van der Waals surface area contributed by atoms with Gasteiger partial charge in [-0.15, -0.1) is 0 Å². The minimum atomic E-state index is -0.949. The van der Waals surface area contributed by atoms with E-state index in [1.165, 1.54) is 154 Å². The molecule has 72 heavy (non-hydrogen) atoms. The van der Waals surface area contributed by atoms with Crippen LogP contribution in [0.2, 0.25) is 0 Å². The largest absolute Gasteiger partial charge is 0.447 e. The summed E-state index contributed by atoms with van der Waals surface area (Å²) in [6.07, 6.45) is 41.6. The molecule has 10 nitrogen and oxygen atoms in total. The van der Waals surface area contributed by atoms with Crippen LogP contribution in [-0.4, -0.2) is 118 Å². The summed E-state index contributed by atoms with van der Waals surface area (Å²) in [6.45, 7) is 16.4. The van der Waals surface area contributed by atoms with Crippen LogP contribution in [0.5, 0.6) is 0 Å². The van der Waals surface area contributed by atoms with E-state index in [0.29, 0.717) is 52.1 Å². The monoisotopic (exact) mass is 1020 g/mol. The Bertz CT molecular complexity index is 1060. The molecule has 0 spiro atoms. The van der Waals surface area contributed by atoms with Gasteiger partial charge in [-0.05, 0) is 64.5 Å². The molecule has 1 heterocycles. The molecule has 0 aliphatic carbocycles. The molecular formula is C62H122N2O8. The summed E-state index contributed by atoms with van der Waals surface area (Å²) in [5.41, 5.74) is 0. The van der Waals surface area contributed by atoms with Crippen LogP contribution in [0.1, 0.15) is 298 Å². The highest BCUT2D eigenvalue weighted by atomic mass is 16.6. The standard InChI is InChI=1S/C62H122N2O8/c1-7-11-15-19-23-27-31-35-43-55(65)49-63(50-56(66)44-36-32-28-24-20-16-12-8-2)47-39-41-53(5)59-61(69)72-60(62(70)71-59)54(6)42-40-48-64(51-57(67)45-37-33-29-25-21-17-13-9-3)52-58(68)46-38-34-30-26-22-18-14-10-4/h53-60,65-68H,7-52H2,1-6H3. The molecular weight excluding hydrogens is 901 g/mol. The van der Waals surface area contributed by atoms with Crippen molar-refractivity contribution in [3.05, 3.63) is 0 Å². The SMILES string of the molecule is CCCCCCCCCCC(O)CN(CCCC(C)C1OC(=O)C(C(C)CCCN(CC(O)CCCCCCCCCC)CC(O)CCCCCCCCCC)OC1=O)CC(O)CCCCCCCCCC. The number of hydrogen-bond acceptors (Lipinski definition) is 10. The van der Waals surface area contributed by atoms with E-state index >= 15 is 0 Å². The summed E-state index contributed by atoms with van der Waals surface area (Å²) in [4.78, 5) is 31.3. The van der Waals surface area contributed by atoms with Crippen LogP contribution in [0.15, 0.2) is 0 Å². The average Bonchev–Trinajstić information content (AvgIpc) is 3.35. The van der Waals surface area contributed by atoms with Gasteiger partial charge in [-0.25, -0.2) is 9.59 Å². The van der Waals surface area contributed by atoms with Crippen LogP contribution >= 0.6 is 0 Å². The number of ether oxygens (including phenoxy) is 2. The summed E-state index contributed by atoms with van der Waals surface area (Å²) in [5, 5.41) is 44.4. The Morgan fingerprint density at radius 1 is 0.333 bits per heavy atom. The molecule has 10 heteroatoms. The van der Waals surface area contributed by atoms with Gasteiger partial charge in [0.15, 0.2) is 0 Å². The maximum Gasteiger partial charge on any atom is 0.348 e. The van der Waals surface area contributed by atoms with Crippen molar-refractivity contribution in [2.45, 2.75) is 335 Å². The lowest BCUT2D eigenvalue weighted by molar-refractivity contribution is -0.202. The first-order valence-corrected chi connectivity index (χ1v) is 31.5.